The van der Waals surface area contributed by atoms with E-state index in [1.807, 2.05) is 0 Å². The third-order valence-electron chi connectivity index (χ3n) is 4.21. The number of thiophene rings is 1. The summed E-state index contributed by atoms with van der Waals surface area (Å²) in [6.45, 7) is 0. The zero-order valence-corrected chi connectivity index (χ0v) is 15.0. The van der Waals surface area contributed by atoms with Gasteiger partial charge in [-0.1, -0.05) is 18.0 Å². The Morgan fingerprint density at radius 1 is 1.04 bits per heavy atom. The first kappa shape index (κ1) is 17.6. The Balaban J connectivity index is 1.87. The lowest BCUT2D eigenvalue weighted by atomic mass is 10.0. The highest BCUT2D eigenvalue weighted by atomic mass is 35.5. The maximum absolute atomic E-state index is 12.3. The third kappa shape index (κ3) is 3.75. The van der Waals surface area contributed by atoms with Gasteiger partial charge in [0, 0.05) is 15.5 Å². The summed E-state index contributed by atoms with van der Waals surface area (Å²) in [7, 11) is 0. The number of anilines is 1. The molecular formula is C18H17ClN2O3S. The van der Waals surface area contributed by atoms with E-state index in [0.29, 0.717) is 15.6 Å². The van der Waals surface area contributed by atoms with Gasteiger partial charge in [0.25, 0.3) is 17.6 Å². The average molecular weight is 377 g/mol. The lowest BCUT2D eigenvalue weighted by Crippen LogP contribution is -2.24. The number of halogens is 1. The number of amides is 2. The van der Waals surface area contributed by atoms with Gasteiger partial charge in [0.1, 0.15) is 5.00 Å². The molecule has 5 nitrogen and oxygen atoms in total. The van der Waals surface area contributed by atoms with Gasteiger partial charge in [-0.3, -0.25) is 14.4 Å². The molecule has 0 saturated carbocycles. The van der Waals surface area contributed by atoms with Crippen LogP contribution in [-0.4, -0.2) is 17.6 Å². The Bertz CT molecular complexity index is 843. The van der Waals surface area contributed by atoms with Gasteiger partial charge >= 0.3 is 0 Å². The van der Waals surface area contributed by atoms with Crippen molar-refractivity contribution in [1.29, 1.82) is 0 Å². The van der Waals surface area contributed by atoms with Crippen LogP contribution >= 0.6 is 22.9 Å². The zero-order chi connectivity index (χ0) is 18.0. The molecule has 2 amide bonds. The highest BCUT2D eigenvalue weighted by Crippen LogP contribution is 2.37. The minimum atomic E-state index is -0.791. The van der Waals surface area contributed by atoms with Gasteiger partial charge < -0.3 is 11.1 Å². The first-order valence-corrected chi connectivity index (χ1v) is 9.22. The molecule has 0 aliphatic heterocycles. The number of aryl methyl sites for hydroxylation is 1. The van der Waals surface area contributed by atoms with Crippen LogP contribution in [0, 0.1) is 0 Å². The number of Topliss-reactive ketones (excluding diaryl/α,β-unsaturated/α-hetero) is 1. The SMILES string of the molecule is NC(=O)c1c(NC(=O)C(=O)c2ccc(Cl)cc2)sc2c1CCCCC2. The molecule has 0 fully saturated rings. The molecule has 1 aliphatic rings. The third-order valence-corrected chi connectivity index (χ3v) is 5.67. The number of nitrogens with two attached hydrogens (primary N) is 1. The summed E-state index contributed by atoms with van der Waals surface area (Å²) < 4.78 is 0. The maximum atomic E-state index is 12.3. The molecule has 0 radical (unpaired) electrons. The fourth-order valence-corrected chi connectivity index (χ4v) is 4.40. The summed E-state index contributed by atoms with van der Waals surface area (Å²) in [5.41, 5.74) is 7.03. The van der Waals surface area contributed by atoms with E-state index in [0.717, 1.165) is 42.5 Å². The van der Waals surface area contributed by atoms with E-state index in [9.17, 15) is 14.4 Å². The highest BCUT2D eigenvalue weighted by molar-refractivity contribution is 7.17. The van der Waals surface area contributed by atoms with E-state index >= 15 is 0 Å². The molecule has 2 aromatic rings. The number of fused-ring (bicyclic) bond motifs is 1. The van der Waals surface area contributed by atoms with Crippen LogP contribution in [0.5, 0.6) is 0 Å². The van der Waals surface area contributed by atoms with Crippen LogP contribution < -0.4 is 11.1 Å². The van der Waals surface area contributed by atoms with Crippen molar-refractivity contribution in [1.82, 2.24) is 0 Å². The van der Waals surface area contributed by atoms with Crippen LogP contribution in [0.1, 0.15) is 50.4 Å². The van der Waals surface area contributed by atoms with Crippen molar-refractivity contribution in [2.75, 3.05) is 5.32 Å². The topological polar surface area (TPSA) is 89.3 Å². The maximum Gasteiger partial charge on any atom is 0.297 e. The molecule has 3 rings (SSSR count). The summed E-state index contributed by atoms with van der Waals surface area (Å²) in [6.07, 6.45) is 4.77. The van der Waals surface area contributed by atoms with Crippen LogP contribution in [0.15, 0.2) is 24.3 Å². The molecule has 1 aliphatic carbocycles. The molecule has 7 heteroatoms. The molecule has 0 bridgehead atoms. The zero-order valence-electron chi connectivity index (χ0n) is 13.4. The van der Waals surface area contributed by atoms with Crippen LogP contribution in [0.4, 0.5) is 5.00 Å². The van der Waals surface area contributed by atoms with Gasteiger partial charge in [-0.25, -0.2) is 0 Å². The van der Waals surface area contributed by atoms with E-state index in [1.54, 1.807) is 12.1 Å². The predicted octanol–water partition coefficient (Wildman–Crippen LogP) is 3.59. The number of carbonyl (C=O) groups is 3. The predicted molar refractivity (Wildman–Crippen MR) is 98.5 cm³/mol. The van der Waals surface area contributed by atoms with Crippen LogP contribution in [0.25, 0.3) is 0 Å². The summed E-state index contributed by atoms with van der Waals surface area (Å²) in [5, 5.41) is 3.43. The van der Waals surface area contributed by atoms with Gasteiger partial charge in [0.05, 0.1) is 5.56 Å². The molecule has 3 N–H and O–H groups in total. The summed E-state index contributed by atoms with van der Waals surface area (Å²) >= 11 is 7.13. The minimum absolute atomic E-state index is 0.237. The Labute approximate surface area is 154 Å². The molecule has 130 valence electrons. The minimum Gasteiger partial charge on any atom is -0.365 e. The molecule has 0 spiro atoms. The number of primary amides is 1. The Hall–Kier alpha value is -2.18. The number of ketones is 1. The Kier molecular flexibility index (Phi) is 5.20. The van der Waals surface area contributed by atoms with Crippen LogP contribution in [-0.2, 0) is 17.6 Å². The van der Waals surface area contributed by atoms with Crippen molar-refractivity contribution in [2.45, 2.75) is 32.1 Å². The molecule has 1 heterocycles. The second-order valence-electron chi connectivity index (χ2n) is 5.92. The van der Waals surface area contributed by atoms with Gasteiger partial charge in [0.15, 0.2) is 0 Å². The Morgan fingerprint density at radius 2 is 1.72 bits per heavy atom. The van der Waals surface area contributed by atoms with Crippen molar-refractivity contribution in [3.63, 3.8) is 0 Å². The van der Waals surface area contributed by atoms with Gasteiger partial charge in [-0.15, -0.1) is 11.3 Å². The fraction of sp³-hybridized carbons (Fsp3) is 0.278. The largest absolute Gasteiger partial charge is 0.365 e. The van der Waals surface area contributed by atoms with Gasteiger partial charge in [-0.2, -0.15) is 0 Å². The standard InChI is InChI=1S/C18H17ClN2O3S/c19-11-8-6-10(7-9-11)15(22)17(24)21-18-14(16(20)23)12-4-2-1-3-5-13(12)25-18/h6-9H,1-5H2,(H2,20,23)(H,21,24). The van der Waals surface area contributed by atoms with Crippen LogP contribution in [0.2, 0.25) is 5.02 Å². The quantitative estimate of drug-likeness (QED) is 0.485. The molecule has 0 atom stereocenters. The smallest absolute Gasteiger partial charge is 0.297 e. The van der Waals surface area contributed by atoms with Crippen molar-refractivity contribution in [2.24, 2.45) is 5.73 Å². The van der Waals surface area contributed by atoms with E-state index in [-0.39, 0.29) is 5.56 Å². The van der Waals surface area contributed by atoms with E-state index in [4.69, 9.17) is 17.3 Å². The lowest BCUT2D eigenvalue weighted by molar-refractivity contribution is -0.112. The summed E-state index contributed by atoms with van der Waals surface area (Å²) in [5.74, 6) is -2.05. The summed E-state index contributed by atoms with van der Waals surface area (Å²) in [4.78, 5) is 37.6. The normalized spacial score (nSPS) is 13.6. The molecule has 0 saturated heterocycles. The molecular weight excluding hydrogens is 360 g/mol. The van der Waals surface area contributed by atoms with Crippen LogP contribution in [0.3, 0.4) is 0 Å². The van der Waals surface area contributed by atoms with Crippen molar-refractivity contribution >= 4 is 45.5 Å². The molecule has 1 aromatic heterocycles. The molecule has 0 unspecified atom stereocenters. The second kappa shape index (κ2) is 7.37. The summed E-state index contributed by atoms with van der Waals surface area (Å²) in [6, 6.07) is 6.07. The average Bonchev–Trinajstić information content (AvgIpc) is 2.76. The van der Waals surface area contributed by atoms with Crippen molar-refractivity contribution < 1.29 is 14.4 Å². The van der Waals surface area contributed by atoms with Gasteiger partial charge in [-0.05, 0) is 55.5 Å². The van der Waals surface area contributed by atoms with Crippen molar-refractivity contribution in [3.8, 4) is 0 Å². The number of benzene rings is 1. The number of hydrogen-bond donors (Lipinski definition) is 2. The number of nitrogens with one attached hydrogen (secondary N) is 1. The Morgan fingerprint density at radius 3 is 2.40 bits per heavy atom. The first-order valence-electron chi connectivity index (χ1n) is 8.03. The molecule has 1 aromatic carbocycles. The second-order valence-corrected chi connectivity index (χ2v) is 7.46. The number of hydrogen-bond acceptors (Lipinski definition) is 4. The molecule has 25 heavy (non-hydrogen) atoms. The van der Waals surface area contributed by atoms with E-state index in [1.165, 1.54) is 23.5 Å². The lowest BCUT2D eigenvalue weighted by Gasteiger charge is -2.06. The first-order chi connectivity index (χ1) is 12.0. The highest BCUT2D eigenvalue weighted by Gasteiger charge is 2.26. The van der Waals surface area contributed by atoms with E-state index in [2.05, 4.69) is 5.32 Å². The monoisotopic (exact) mass is 376 g/mol. The number of carbonyl (C=O) groups excluding carboxylic acids is 3. The number of rotatable bonds is 4. The van der Waals surface area contributed by atoms with E-state index < -0.39 is 17.6 Å². The van der Waals surface area contributed by atoms with Gasteiger partial charge in [0.2, 0.25) is 0 Å². The van der Waals surface area contributed by atoms with Crippen molar-refractivity contribution in [3.05, 3.63) is 50.9 Å². The fourth-order valence-electron chi connectivity index (χ4n) is 2.98.